The minimum atomic E-state index is -0.979. The number of rotatable bonds is 10. The topological polar surface area (TPSA) is 84.5 Å². The number of carbonyl (C=O) groups excluding carboxylic acids is 3. The lowest BCUT2D eigenvalue weighted by Crippen LogP contribution is -2.48. The van der Waals surface area contributed by atoms with E-state index in [1.165, 1.54) is 0 Å². The van der Waals surface area contributed by atoms with Gasteiger partial charge in [-0.15, -0.1) is 0 Å². The van der Waals surface area contributed by atoms with Gasteiger partial charge in [-0.05, 0) is 39.2 Å². The lowest BCUT2D eigenvalue weighted by Gasteiger charge is -2.23. The number of hydrogen-bond donors (Lipinski definition) is 2. The van der Waals surface area contributed by atoms with Crippen LogP contribution in [0.15, 0.2) is 30.3 Å². The zero-order chi connectivity index (χ0) is 20.3. The standard InChI is InChI=1S/C21H32N2O4/c1-5-6-14-27-20(26)17(15-19(25)23-21(2,3)4)22-18(24)13-12-16-10-8-7-9-11-16/h7-11,17H,5-6,12-15H2,1-4H3,(H,22,24)(H,23,25)/t17-/m0/s1. The summed E-state index contributed by atoms with van der Waals surface area (Å²) in [6.45, 7) is 7.85. The summed E-state index contributed by atoms with van der Waals surface area (Å²) in [6.07, 6.45) is 2.31. The molecule has 1 aromatic rings. The van der Waals surface area contributed by atoms with Crippen molar-refractivity contribution >= 4 is 17.8 Å². The molecule has 1 rings (SSSR count). The van der Waals surface area contributed by atoms with Gasteiger partial charge >= 0.3 is 5.97 Å². The summed E-state index contributed by atoms with van der Waals surface area (Å²) >= 11 is 0. The van der Waals surface area contributed by atoms with E-state index in [0.29, 0.717) is 6.42 Å². The largest absolute Gasteiger partial charge is 0.464 e. The summed E-state index contributed by atoms with van der Waals surface area (Å²) in [5, 5.41) is 5.46. The molecular formula is C21H32N2O4. The first-order valence-corrected chi connectivity index (χ1v) is 9.52. The van der Waals surface area contributed by atoms with Gasteiger partial charge in [-0.1, -0.05) is 43.7 Å². The normalized spacial score (nSPS) is 12.1. The highest BCUT2D eigenvalue weighted by Crippen LogP contribution is 2.06. The lowest BCUT2D eigenvalue weighted by molar-refractivity contribution is -0.149. The molecule has 0 radical (unpaired) electrons. The van der Waals surface area contributed by atoms with Crippen LogP contribution in [-0.4, -0.2) is 36.0 Å². The molecule has 2 amide bonds. The Morgan fingerprint density at radius 1 is 1.07 bits per heavy atom. The van der Waals surface area contributed by atoms with Gasteiger partial charge in [0.1, 0.15) is 6.04 Å². The molecule has 2 N–H and O–H groups in total. The number of aryl methyl sites for hydroxylation is 1. The number of unbranched alkanes of at least 4 members (excludes halogenated alkanes) is 1. The first-order valence-electron chi connectivity index (χ1n) is 9.52. The molecule has 0 aliphatic heterocycles. The number of hydrogen-bond acceptors (Lipinski definition) is 4. The highest BCUT2D eigenvalue weighted by Gasteiger charge is 2.26. The Morgan fingerprint density at radius 3 is 2.33 bits per heavy atom. The highest BCUT2D eigenvalue weighted by atomic mass is 16.5. The van der Waals surface area contributed by atoms with Crippen LogP contribution in [0.1, 0.15) is 58.9 Å². The lowest BCUT2D eigenvalue weighted by atomic mass is 10.1. The third-order valence-electron chi connectivity index (χ3n) is 3.75. The van der Waals surface area contributed by atoms with Gasteiger partial charge in [0.15, 0.2) is 0 Å². The Bertz CT molecular complexity index is 608. The number of esters is 1. The van der Waals surface area contributed by atoms with Gasteiger partial charge in [0, 0.05) is 12.0 Å². The maximum Gasteiger partial charge on any atom is 0.329 e. The third-order valence-corrected chi connectivity index (χ3v) is 3.75. The molecule has 0 aliphatic rings. The molecule has 0 saturated heterocycles. The molecule has 0 aromatic heterocycles. The van der Waals surface area contributed by atoms with Crippen LogP contribution < -0.4 is 10.6 Å². The van der Waals surface area contributed by atoms with Gasteiger partial charge in [-0.25, -0.2) is 4.79 Å². The molecule has 150 valence electrons. The van der Waals surface area contributed by atoms with Crippen LogP contribution in [-0.2, 0) is 25.5 Å². The fraction of sp³-hybridized carbons (Fsp3) is 0.571. The molecule has 27 heavy (non-hydrogen) atoms. The number of ether oxygens (including phenoxy) is 1. The summed E-state index contributed by atoms with van der Waals surface area (Å²) in [6, 6.07) is 8.66. The van der Waals surface area contributed by atoms with E-state index in [1.807, 2.05) is 58.0 Å². The van der Waals surface area contributed by atoms with Crippen LogP contribution in [0.3, 0.4) is 0 Å². The number of carbonyl (C=O) groups is 3. The van der Waals surface area contributed by atoms with E-state index in [1.54, 1.807) is 0 Å². The van der Waals surface area contributed by atoms with Crippen LogP contribution in [0.4, 0.5) is 0 Å². The van der Waals surface area contributed by atoms with E-state index < -0.39 is 17.6 Å². The van der Waals surface area contributed by atoms with Crippen molar-refractivity contribution in [3.05, 3.63) is 35.9 Å². The van der Waals surface area contributed by atoms with E-state index in [0.717, 1.165) is 18.4 Å². The summed E-state index contributed by atoms with van der Waals surface area (Å²) < 4.78 is 5.21. The van der Waals surface area contributed by atoms with E-state index in [-0.39, 0.29) is 31.3 Å². The fourth-order valence-electron chi connectivity index (χ4n) is 2.43. The van der Waals surface area contributed by atoms with Crippen molar-refractivity contribution in [2.75, 3.05) is 6.61 Å². The zero-order valence-electron chi connectivity index (χ0n) is 16.8. The number of benzene rings is 1. The van der Waals surface area contributed by atoms with E-state index >= 15 is 0 Å². The molecule has 6 nitrogen and oxygen atoms in total. The number of amides is 2. The van der Waals surface area contributed by atoms with Crippen molar-refractivity contribution in [2.24, 2.45) is 0 Å². The van der Waals surface area contributed by atoms with Crippen LogP contribution in [0, 0.1) is 0 Å². The predicted octanol–water partition coefficient (Wildman–Crippen LogP) is 2.75. The Kier molecular flexibility index (Phi) is 9.54. The molecule has 0 aliphatic carbocycles. The second kappa shape index (κ2) is 11.4. The van der Waals surface area contributed by atoms with Crippen LogP contribution in [0.25, 0.3) is 0 Å². The van der Waals surface area contributed by atoms with Gasteiger partial charge < -0.3 is 15.4 Å². The average Bonchev–Trinajstić information content (AvgIpc) is 2.59. The van der Waals surface area contributed by atoms with Crippen LogP contribution in [0.5, 0.6) is 0 Å². The van der Waals surface area contributed by atoms with Gasteiger partial charge in [0.2, 0.25) is 11.8 Å². The summed E-state index contributed by atoms with van der Waals surface area (Å²) in [4.78, 5) is 36.8. The SMILES string of the molecule is CCCCOC(=O)[C@H](CC(=O)NC(C)(C)C)NC(=O)CCc1ccccc1. The molecule has 0 bridgehead atoms. The molecule has 0 unspecified atom stereocenters. The fourth-order valence-corrected chi connectivity index (χ4v) is 2.43. The quantitative estimate of drug-likeness (QED) is 0.486. The van der Waals surface area contributed by atoms with E-state index in [4.69, 9.17) is 4.74 Å². The minimum Gasteiger partial charge on any atom is -0.464 e. The minimum absolute atomic E-state index is 0.140. The van der Waals surface area contributed by atoms with Gasteiger partial charge in [-0.3, -0.25) is 9.59 Å². The Labute approximate surface area is 162 Å². The first kappa shape index (κ1) is 22.7. The van der Waals surface area contributed by atoms with E-state index in [2.05, 4.69) is 10.6 Å². The monoisotopic (exact) mass is 376 g/mol. The average molecular weight is 376 g/mol. The van der Waals surface area contributed by atoms with Gasteiger partial charge in [0.05, 0.1) is 13.0 Å². The van der Waals surface area contributed by atoms with Crippen molar-refractivity contribution in [1.82, 2.24) is 10.6 Å². The van der Waals surface area contributed by atoms with E-state index in [9.17, 15) is 14.4 Å². The van der Waals surface area contributed by atoms with Crippen molar-refractivity contribution < 1.29 is 19.1 Å². The summed E-state index contributed by atoms with van der Waals surface area (Å²) in [5.41, 5.74) is 0.630. The molecule has 0 spiro atoms. The summed E-state index contributed by atoms with van der Waals surface area (Å²) in [7, 11) is 0. The smallest absolute Gasteiger partial charge is 0.329 e. The molecule has 6 heteroatoms. The van der Waals surface area contributed by atoms with Crippen molar-refractivity contribution in [2.45, 2.75) is 71.4 Å². The van der Waals surface area contributed by atoms with Gasteiger partial charge in [0.25, 0.3) is 0 Å². The van der Waals surface area contributed by atoms with Crippen molar-refractivity contribution in [3.63, 3.8) is 0 Å². The number of nitrogens with one attached hydrogen (secondary N) is 2. The second-order valence-electron chi connectivity index (χ2n) is 7.63. The Morgan fingerprint density at radius 2 is 1.74 bits per heavy atom. The Hall–Kier alpha value is -2.37. The maximum absolute atomic E-state index is 12.3. The molecular weight excluding hydrogens is 344 g/mol. The molecule has 0 fully saturated rings. The van der Waals surface area contributed by atoms with Crippen molar-refractivity contribution in [3.8, 4) is 0 Å². The predicted molar refractivity (Wildman–Crippen MR) is 105 cm³/mol. The highest BCUT2D eigenvalue weighted by molar-refractivity contribution is 5.89. The van der Waals surface area contributed by atoms with Crippen LogP contribution in [0.2, 0.25) is 0 Å². The Balaban J connectivity index is 2.64. The summed E-state index contributed by atoms with van der Waals surface area (Å²) in [5.74, 6) is -1.15. The first-order chi connectivity index (χ1) is 12.7. The molecule has 0 saturated carbocycles. The zero-order valence-corrected chi connectivity index (χ0v) is 16.8. The molecule has 1 aromatic carbocycles. The van der Waals surface area contributed by atoms with Gasteiger partial charge in [-0.2, -0.15) is 0 Å². The van der Waals surface area contributed by atoms with Crippen LogP contribution >= 0.6 is 0 Å². The third kappa shape index (κ3) is 10.4. The second-order valence-corrected chi connectivity index (χ2v) is 7.63. The maximum atomic E-state index is 12.3. The van der Waals surface area contributed by atoms with Crippen molar-refractivity contribution in [1.29, 1.82) is 0 Å². The molecule has 0 heterocycles. The molecule has 1 atom stereocenters.